The summed E-state index contributed by atoms with van der Waals surface area (Å²) in [6.07, 6.45) is 11.0. The molecule has 0 spiro atoms. The zero-order valence-corrected chi connectivity index (χ0v) is 13.6. The molecule has 1 aromatic carbocycles. The highest BCUT2D eigenvalue weighted by molar-refractivity contribution is 5.32. The quantitative estimate of drug-likeness (QED) is 0.836. The Morgan fingerprint density at radius 2 is 1.95 bits per heavy atom. The second-order valence-corrected chi connectivity index (χ2v) is 7.37. The molecule has 0 aromatic heterocycles. The molecule has 4 unspecified atom stereocenters. The van der Waals surface area contributed by atoms with Gasteiger partial charge in [0.2, 0.25) is 0 Å². The second kappa shape index (κ2) is 6.96. The Bertz CT molecular complexity index is 453. The highest BCUT2D eigenvalue weighted by atomic mass is 14.6. The van der Waals surface area contributed by atoms with Crippen LogP contribution in [0.25, 0.3) is 0 Å². The summed E-state index contributed by atoms with van der Waals surface area (Å²) in [5, 5.41) is 0. The SMILES string of the molecule is CCC1CCC(CN)C(CC2CCCc3ccccc32)C1. The Morgan fingerprint density at radius 1 is 1.10 bits per heavy atom. The van der Waals surface area contributed by atoms with Gasteiger partial charge in [0.15, 0.2) is 0 Å². The Labute approximate surface area is 130 Å². The van der Waals surface area contributed by atoms with E-state index in [2.05, 4.69) is 31.2 Å². The Hall–Kier alpha value is -0.820. The normalized spacial score (nSPS) is 32.7. The molecule has 1 heteroatoms. The molecule has 0 radical (unpaired) electrons. The Balaban J connectivity index is 1.73. The molecule has 1 aromatic rings. The lowest BCUT2D eigenvalue weighted by atomic mass is 9.67. The van der Waals surface area contributed by atoms with Crippen molar-refractivity contribution < 1.29 is 0 Å². The van der Waals surface area contributed by atoms with Crippen LogP contribution in [-0.2, 0) is 6.42 Å². The molecule has 21 heavy (non-hydrogen) atoms. The molecular formula is C20H31N. The number of fused-ring (bicyclic) bond motifs is 1. The van der Waals surface area contributed by atoms with Crippen molar-refractivity contribution in [3.05, 3.63) is 35.4 Å². The van der Waals surface area contributed by atoms with E-state index in [1.807, 2.05) is 0 Å². The van der Waals surface area contributed by atoms with Crippen molar-refractivity contribution >= 4 is 0 Å². The standard InChI is InChI=1S/C20H31N/c1-2-15-10-11-18(14-21)19(12-15)13-17-8-5-7-16-6-3-4-9-20(16)17/h3-4,6,9,15,17-19H,2,5,7-8,10-14,21H2,1H3. The molecule has 0 heterocycles. The topological polar surface area (TPSA) is 26.0 Å². The van der Waals surface area contributed by atoms with Crippen molar-refractivity contribution in [2.45, 2.75) is 64.2 Å². The zero-order valence-electron chi connectivity index (χ0n) is 13.6. The lowest BCUT2D eigenvalue weighted by Gasteiger charge is -2.38. The Morgan fingerprint density at radius 3 is 2.76 bits per heavy atom. The van der Waals surface area contributed by atoms with Crippen LogP contribution in [0.15, 0.2) is 24.3 Å². The summed E-state index contributed by atoms with van der Waals surface area (Å²) in [5.74, 6) is 3.40. The number of aryl methyl sites for hydroxylation is 1. The average Bonchev–Trinajstić information content (AvgIpc) is 2.55. The number of hydrogen-bond donors (Lipinski definition) is 1. The first-order valence-corrected chi connectivity index (χ1v) is 9.09. The molecule has 0 saturated heterocycles. The van der Waals surface area contributed by atoms with Gasteiger partial charge >= 0.3 is 0 Å². The number of hydrogen-bond acceptors (Lipinski definition) is 1. The van der Waals surface area contributed by atoms with Crippen LogP contribution in [0.1, 0.15) is 68.9 Å². The maximum atomic E-state index is 6.08. The third-order valence-corrected chi connectivity index (χ3v) is 6.21. The van der Waals surface area contributed by atoms with Gasteiger partial charge in [0.05, 0.1) is 0 Å². The fourth-order valence-electron chi connectivity index (χ4n) is 4.86. The lowest BCUT2D eigenvalue weighted by Crippen LogP contribution is -2.31. The van der Waals surface area contributed by atoms with Gasteiger partial charge in [-0.15, -0.1) is 0 Å². The van der Waals surface area contributed by atoms with Gasteiger partial charge < -0.3 is 5.73 Å². The zero-order chi connectivity index (χ0) is 14.7. The van der Waals surface area contributed by atoms with E-state index < -0.39 is 0 Å². The van der Waals surface area contributed by atoms with E-state index in [1.165, 1.54) is 51.4 Å². The number of benzene rings is 1. The van der Waals surface area contributed by atoms with Gasteiger partial charge in [-0.05, 0) is 79.9 Å². The first kappa shape index (κ1) is 15.1. The molecular weight excluding hydrogens is 254 g/mol. The van der Waals surface area contributed by atoms with Gasteiger partial charge in [0.1, 0.15) is 0 Å². The van der Waals surface area contributed by atoms with Crippen molar-refractivity contribution in [2.75, 3.05) is 6.54 Å². The van der Waals surface area contributed by atoms with Gasteiger partial charge in [0, 0.05) is 0 Å². The van der Waals surface area contributed by atoms with Crippen molar-refractivity contribution in [1.82, 2.24) is 0 Å². The van der Waals surface area contributed by atoms with Crippen molar-refractivity contribution in [1.29, 1.82) is 0 Å². The van der Waals surface area contributed by atoms with Crippen LogP contribution in [0.3, 0.4) is 0 Å². The fourth-order valence-corrected chi connectivity index (χ4v) is 4.86. The van der Waals surface area contributed by atoms with E-state index in [0.29, 0.717) is 0 Å². The van der Waals surface area contributed by atoms with Gasteiger partial charge in [-0.2, -0.15) is 0 Å². The molecule has 1 saturated carbocycles. The second-order valence-electron chi connectivity index (χ2n) is 7.37. The third-order valence-electron chi connectivity index (χ3n) is 6.21. The molecule has 0 amide bonds. The maximum absolute atomic E-state index is 6.08. The maximum Gasteiger partial charge on any atom is -0.00462 e. The largest absolute Gasteiger partial charge is 0.330 e. The van der Waals surface area contributed by atoms with E-state index in [0.717, 1.165) is 30.2 Å². The lowest BCUT2D eigenvalue weighted by molar-refractivity contribution is 0.160. The van der Waals surface area contributed by atoms with Crippen molar-refractivity contribution in [3.63, 3.8) is 0 Å². The third kappa shape index (κ3) is 3.34. The van der Waals surface area contributed by atoms with E-state index >= 15 is 0 Å². The van der Waals surface area contributed by atoms with Gasteiger partial charge in [-0.25, -0.2) is 0 Å². The predicted molar refractivity (Wildman–Crippen MR) is 90.4 cm³/mol. The molecule has 0 aliphatic heterocycles. The van der Waals surface area contributed by atoms with Crippen LogP contribution < -0.4 is 5.73 Å². The van der Waals surface area contributed by atoms with Crippen LogP contribution >= 0.6 is 0 Å². The molecule has 2 aliphatic rings. The highest BCUT2D eigenvalue weighted by Gasteiger charge is 2.32. The van der Waals surface area contributed by atoms with Crippen molar-refractivity contribution in [3.8, 4) is 0 Å². The molecule has 2 N–H and O–H groups in total. The van der Waals surface area contributed by atoms with Crippen LogP contribution in [0.4, 0.5) is 0 Å². The van der Waals surface area contributed by atoms with Crippen molar-refractivity contribution in [2.24, 2.45) is 23.5 Å². The summed E-state index contributed by atoms with van der Waals surface area (Å²) in [7, 11) is 0. The molecule has 1 nitrogen and oxygen atoms in total. The Kier molecular flexibility index (Phi) is 5.00. The first-order valence-electron chi connectivity index (χ1n) is 9.09. The van der Waals surface area contributed by atoms with E-state index in [1.54, 1.807) is 11.1 Å². The van der Waals surface area contributed by atoms with Crippen LogP contribution in [0.2, 0.25) is 0 Å². The molecule has 2 aliphatic carbocycles. The first-order chi connectivity index (χ1) is 10.3. The monoisotopic (exact) mass is 285 g/mol. The average molecular weight is 285 g/mol. The minimum Gasteiger partial charge on any atom is -0.330 e. The summed E-state index contributed by atoms with van der Waals surface area (Å²) < 4.78 is 0. The van der Waals surface area contributed by atoms with Crippen LogP contribution in [0, 0.1) is 17.8 Å². The smallest absolute Gasteiger partial charge is 0.00462 e. The number of rotatable bonds is 4. The van der Waals surface area contributed by atoms with Gasteiger partial charge in [-0.1, -0.05) is 44.0 Å². The molecule has 1 fully saturated rings. The van der Waals surface area contributed by atoms with Gasteiger partial charge in [0.25, 0.3) is 0 Å². The highest BCUT2D eigenvalue weighted by Crippen LogP contribution is 2.43. The predicted octanol–water partition coefficient (Wildman–Crippen LogP) is 4.90. The van der Waals surface area contributed by atoms with E-state index in [9.17, 15) is 0 Å². The van der Waals surface area contributed by atoms with Crippen LogP contribution in [-0.4, -0.2) is 6.54 Å². The minimum absolute atomic E-state index is 0.780. The van der Waals surface area contributed by atoms with E-state index in [-0.39, 0.29) is 0 Å². The number of nitrogens with two attached hydrogens (primary N) is 1. The molecule has 116 valence electrons. The molecule has 0 bridgehead atoms. The molecule has 3 rings (SSSR count). The molecule has 4 atom stereocenters. The summed E-state index contributed by atoms with van der Waals surface area (Å²) in [5.41, 5.74) is 9.34. The summed E-state index contributed by atoms with van der Waals surface area (Å²) >= 11 is 0. The van der Waals surface area contributed by atoms with Gasteiger partial charge in [-0.3, -0.25) is 0 Å². The fraction of sp³-hybridized carbons (Fsp3) is 0.700. The summed E-state index contributed by atoms with van der Waals surface area (Å²) in [6, 6.07) is 9.17. The minimum atomic E-state index is 0.780. The summed E-state index contributed by atoms with van der Waals surface area (Å²) in [6.45, 7) is 3.26. The van der Waals surface area contributed by atoms with Crippen LogP contribution in [0.5, 0.6) is 0 Å². The summed E-state index contributed by atoms with van der Waals surface area (Å²) in [4.78, 5) is 0. The van der Waals surface area contributed by atoms with E-state index in [4.69, 9.17) is 5.73 Å².